The molecule has 12 heavy (non-hydrogen) atoms. The second-order valence-electron chi connectivity index (χ2n) is 2.81. The van der Waals surface area contributed by atoms with Crippen LogP contribution in [0, 0.1) is 5.92 Å². The van der Waals surface area contributed by atoms with Gasteiger partial charge in [0.2, 0.25) is 0 Å². The predicted molar refractivity (Wildman–Crippen MR) is 52.5 cm³/mol. The van der Waals surface area contributed by atoms with Crippen molar-refractivity contribution >= 4 is 22.9 Å². The molecular weight excluding hydrogens is 194 g/mol. The average Bonchev–Trinajstić information content (AvgIpc) is 2.48. The minimum atomic E-state index is -0.534. The van der Waals surface area contributed by atoms with Gasteiger partial charge in [-0.3, -0.25) is 0 Å². The Balaban J connectivity index is 2.77. The van der Waals surface area contributed by atoms with Crippen LogP contribution in [-0.4, -0.2) is 11.7 Å². The summed E-state index contributed by atoms with van der Waals surface area (Å²) in [7, 11) is 0. The first-order valence-corrected chi connectivity index (χ1v) is 5.03. The van der Waals surface area contributed by atoms with Crippen LogP contribution in [0.25, 0.3) is 0 Å². The van der Waals surface area contributed by atoms with Crippen LogP contribution in [0.2, 0.25) is 4.34 Å². The Morgan fingerprint density at radius 1 is 1.75 bits per heavy atom. The zero-order valence-corrected chi connectivity index (χ0v) is 8.40. The van der Waals surface area contributed by atoms with Gasteiger partial charge in [0, 0.05) is 5.56 Å². The zero-order valence-electron chi connectivity index (χ0n) is 6.83. The summed E-state index contributed by atoms with van der Waals surface area (Å²) in [6.45, 7) is 2.37. The summed E-state index contributed by atoms with van der Waals surface area (Å²) in [5, 5.41) is 11.6. The monoisotopic (exact) mass is 205 g/mol. The molecule has 1 rings (SSSR count). The molecule has 0 bridgehead atoms. The highest BCUT2D eigenvalue weighted by molar-refractivity contribution is 7.14. The van der Waals surface area contributed by atoms with Crippen molar-refractivity contribution in [1.29, 1.82) is 0 Å². The Kier molecular flexibility index (Phi) is 3.53. The first kappa shape index (κ1) is 9.99. The lowest BCUT2D eigenvalue weighted by atomic mass is 10.0. The summed E-state index contributed by atoms with van der Waals surface area (Å²) in [6, 6.07) is 1.84. The maximum Gasteiger partial charge on any atom is 0.0986 e. The number of aliphatic hydroxyl groups is 1. The second-order valence-corrected chi connectivity index (χ2v) is 4.33. The van der Waals surface area contributed by atoms with Crippen molar-refractivity contribution < 1.29 is 5.11 Å². The van der Waals surface area contributed by atoms with Gasteiger partial charge in [-0.15, -0.1) is 11.3 Å². The first-order valence-electron chi connectivity index (χ1n) is 3.77. The summed E-state index contributed by atoms with van der Waals surface area (Å²) < 4.78 is 0.655. The van der Waals surface area contributed by atoms with Gasteiger partial charge in [0.15, 0.2) is 0 Å². The smallest absolute Gasteiger partial charge is 0.0986 e. The first-order chi connectivity index (χ1) is 5.66. The molecule has 0 aliphatic heterocycles. The predicted octanol–water partition coefficient (Wildman–Crippen LogP) is 2.03. The maximum atomic E-state index is 9.70. The van der Waals surface area contributed by atoms with Crippen LogP contribution in [0.3, 0.4) is 0 Å². The van der Waals surface area contributed by atoms with Crippen LogP contribution in [0.15, 0.2) is 11.4 Å². The molecule has 1 aromatic rings. The van der Waals surface area contributed by atoms with Crippen molar-refractivity contribution in [3.63, 3.8) is 0 Å². The Morgan fingerprint density at radius 2 is 2.42 bits per heavy atom. The molecule has 68 valence electrons. The lowest BCUT2D eigenvalue weighted by Crippen LogP contribution is -2.18. The van der Waals surface area contributed by atoms with Gasteiger partial charge in [-0.25, -0.2) is 0 Å². The molecular formula is C8H12ClNOS. The number of thiophene rings is 1. The average molecular weight is 206 g/mol. The summed E-state index contributed by atoms with van der Waals surface area (Å²) in [5.74, 6) is 0.0529. The molecule has 0 amide bonds. The maximum absolute atomic E-state index is 9.70. The number of aliphatic hydroxyl groups excluding tert-OH is 1. The van der Waals surface area contributed by atoms with E-state index in [-0.39, 0.29) is 5.92 Å². The number of halogens is 1. The minimum absolute atomic E-state index is 0.0529. The highest BCUT2D eigenvalue weighted by atomic mass is 35.5. The lowest BCUT2D eigenvalue weighted by Gasteiger charge is -2.15. The molecule has 2 atom stereocenters. The molecule has 0 spiro atoms. The molecule has 3 N–H and O–H groups in total. The van der Waals surface area contributed by atoms with Gasteiger partial charge in [-0.1, -0.05) is 18.5 Å². The van der Waals surface area contributed by atoms with Crippen molar-refractivity contribution in [2.45, 2.75) is 13.0 Å². The molecule has 0 aromatic carbocycles. The zero-order chi connectivity index (χ0) is 9.14. The van der Waals surface area contributed by atoms with Crippen LogP contribution >= 0.6 is 22.9 Å². The number of nitrogens with two attached hydrogens (primary N) is 1. The van der Waals surface area contributed by atoms with Crippen molar-refractivity contribution in [2.24, 2.45) is 11.7 Å². The molecule has 0 fully saturated rings. The summed E-state index contributed by atoms with van der Waals surface area (Å²) in [5.41, 5.74) is 6.22. The molecule has 0 aliphatic carbocycles. The van der Waals surface area contributed by atoms with Crippen molar-refractivity contribution in [1.82, 2.24) is 0 Å². The second kappa shape index (κ2) is 4.23. The minimum Gasteiger partial charge on any atom is -0.388 e. The summed E-state index contributed by atoms with van der Waals surface area (Å²) in [6.07, 6.45) is -0.534. The summed E-state index contributed by atoms with van der Waals surface area (Å²) in [4.78, 5) is 0. The van der Waals surface area contributed by atoms with Gasteiger partial charge in [-0.2, -0.15) is 0 Å². The van der Waals surface area contributed by atoms with Gasteiger partial charge >= 0.3 is 0 Å². The van der Waals surface area contributed by atoms with Crippen LogP contribution in [0.1, 0.15) is 18.6 Å². The fourth-order valence-electron chi connectivity index (χ4n) is 0.951. The van der Waals surface area contributed by atoms with Crippen LogP contribution < -0.4 is 5.73 Å². The summed E-state index contributed by atoms with van der Waals surface area (Å²) >= 11 is 7.28. The third kappa shape index (κ3) is 1.98. The molecule has 0 saturated carbocycles. The fraction of sp³-hybridized carbons (Fsp3) is 0.500. The lowest BCUT2D eigenvalue weighted by molar-refractivity contribution is 0.122. The van der Waals surface area contributed by atoms with E-state index in [1.165, 1.54) is 11.3 Å². The molecule has 0 saturated heterocycles. The quantitative estimate of drug-likeness (QED) is 0.794. The Bertz CT molecular complexity index is 251. The van der Waals surface area contributed by atoms with Gasteiger partial charge in [0.25, 0.3) is 0 Å². The van der Waals surface area contributed by atoms with Crippen LogP contribution in [0.4, 0.5) is 0 Å². The molecule has 4 heteroatoms. The van der Waals surface area contributed by atoms with Crippen LogP contribution in [0.5, 0.6) is 0 Å². The topological polar surface area (TPSA) is 46.2 Å². The highest BCUT2D eigenvalue weighted by Crippen LogP contribution is 2.31. The Hall–Kier alpha value is -0.0900. The van der Waals surface area contributed by atoms with E-state index in [0.717, 1.165) is 5.56 Å². The van der Waals surface area contributed by atoms with Crippen molar-refractivity contribution in [3.8, 4) is 0 Å². The Labute approximate surface area is 81.0 Å². The van der Waals surface area contributed by atoms with Gasteiger partial charge in [-0.05, 0) is 23.9 Å². The normalized spacial score (nSPS) is 16.0. The van der Waals surface area contributed by atoms with Crippen molar-refractivity contribution in [2.75, 3.05) is 6.54 Å². The number of rotatable bonds is 3. The van der Waals surface area contributed by atoms with E-state index in [2.05, 4.69) is 0 Å². The van der Waals surface area contributed by atoms with E-state index in [1.54, 1.807) is 0 Å². The SMILES string of the molecule is CC(CN)C(O)c1ccsc1Cl. The molecule has 0 aliphatic rings. The third-order valence-electron chi connectivity index (χ3n) is 1.88. The van der Waals surface area contributed by atoms with E-state index in [9.17, 15) is 5.11 Å². The van der Waals surface area contributed by atoms with E-state index < -0.39 is 6.10 Å². The largest absolute Gasteiger partial charge is 0.388 e. The van der Waals surface area contributed by atoms with Crippen molar-refractivity contribution in [3.05, 3.63) is 21.3 Å². The molecule has 1 aromatic heterocycles. The number of hydrogen-bond donors (Lipinski definition) is 2. The molecule has 0 radical (unpaired) electrons. The molecule has 2 nitrogen and oxygen atoms in total. The van der Waals surface area contributed by atoms with E-state index in [1.807, 2.05) is 18.4 Å². The van der Waals surface area contributed by atoms with E-state index >= 15 is 0 Å². The van der Waals surface area contributed by atoms with E-state index in [0.29, 0.717) is 10.9 Å². The third-order valence-corrected chi connectivity index (χ3v) is 3.08. The fourth-order valence-corrected chi connectivity index (χ4v) is 1.94. The van der Waals surface area contributed by atoms with Gasteiger partial charge in [0.05, 0.1) is 10.4 Å². The number of hydrogen-bond acceptors (Lipinski definition) is 3. The Morgan fingerprint density at radius 3 is 2.83 bits per heavy atom. The van der Waals surface area contributed by atoms with E-state index in [4.69, 9.17) is 17.3 Å². The molecule has 2 unspecified atom stereocenters. The van der Waals surface area contributed by atoms with Gasteiger partial charge < -0.3 is 10.8 Å². The van der Waals surface area contributed by atoms with Gasteiger partial charge in [0.1, 0.15) is 0 Å². The standard InChI is InChI=1S/C8H12ClNOS/c1-5(4-10)7(11)6-2-3-12-8(6)9/h2-3,5,7,11H,4,10H2,1H3. The highest BCUT2D eigenvalue weighted by Gasteiger charge is 2.18. The van der Waals surface area contributed by atoms with Crippen LogP contribution in [-0.2, 0) is 0 Å². The molecule has 1 heterocycles.